The molecule has 19 heavy (non-hydrogen) atoms. The Morgan fingerprint density at radius 3 is 2.58 bits per heavy atom. The van der Waals surface area contributed by atoms with Crippen LogP contribution in [0.2, 0.25) is 0 Å². The van der Waals surface area contributed by atoms with Gasteiger partial charge in [-0.2, -0.15) is 4.51 Å². The van der Waals surface area contributed by atoms with Crippen molar-refractivity contribution >= 4 is 29.3 Å². The van der Waals surface area contributed by atoms with E-state index in [9.17, 15) is 9.18 Å². The van der Waals surface area contributed by atoms with E-state index < -0.39 is 11.8 Å². The van der Waals surface area contributed by atoms with Gasteiger partial charge in [-0.15, -0.1) is 0 Å². The monoisotopic (exact) mass is 288 g/mol. The number of esters is 1. The Morgan fingerprint density at radius 1 is 1.47 bits per heavy atom. The number of halogens is 2. The SMILES string of the molecule is CC.CC/C(=N\Cl)Nc1cc(C(=O)OC)ccc1F. The number of nitrogens with zero attached hydrogens (tertiary/aromatic N) is 1. The second-order valence-corrected chi connectivity index (χ2v) is 3.37. The van der Waals surface area contributed by atoms with Crippen LogP contribution in [0, 0.1) is 5.82 Å². The molecule has 0 atom stereocenters. The van der Waals surface area contributed by atoms with Gasteiger partial charge in [0.15, 0.2) is 0 Å². The van der Waals surface area contributed by atoms with Crippen LogP contribution in [0.1, 0.15) is 37.6 Å². The van der Waals surface area contributed by atoms with Crippen molar-refractivity contribution in [3.63, 3.8) is 0 Å². The summed E-state index contributed by atoms with van der Waals surface area (Å²) in [4.78, 5) is 11.3. The number of carbonyl (C=O) groups excluding carboxylic acids is 1. The predicted octanol–water partition coefficient (Wildman–Crippen LogP) is 4.01. The molecule has 0 unspecified atom stereocenters. The summed E-state index contributed by atoms with van der Waals surface area (Å²) in [5.74, 6) is -0.620. The molecule has 106 valence electrons. The van der Waals surface area contributed by atoms with Crippen molar-refractivity contribution in [2.75, 3.05) is 12.4 Å². The van der Waals surface area contributed by atoms with E-state index in [-0.39, 0.29) is 11.3 Å². The van der Waals surface area contributed by atoms with Crippen molar-refractivity contribution < 1.29 is 13.9 Å². The van der Waals surface area contributed by atoms with Gasteiger partial charge < -0.3 is 10.1 Å². The van der Waals surface area contributed by atoms with Crippen LogP contribution in [-0.2, 0) is 4.74 Å². The number of hydrogen-bond donors (Lipinski definition) is 1. The first-order chi connectivity index (χ1) is 9.12. The number of hydrogen-bond acceptors (Lipinski definition) is 3. The van der Waals surface area contributed by atoms with Crippen LogP contribution in [0.5, 0.6) is 0 Å². The molecule has 0 saturated heterocycles. The molecule has 6 heteroatoms. The lowest BCUT2D eigenvalue weighted by Crippen LogP contribution is -2.12. The minimum atomic E-state index is -0.533. The molecule has 0 aliphatic heterocycles. The second-order valence-electron chi connectivity index (χ2n) is 3.20. The molecule has 0 spiro atoms. The molecule has 1 N–H and O–H groups in total. The van der Waals surface area contributed by atoms with Crippen LogP contribution in [0.4, 0.5) is 10.1 Å². The van der Waals surface area contributed by atoms with Gasteiger partial charge in [0.2, 0.25) is 0 Å². The Balaban J connectivity index is 0.00000154. The van der Waals surface area contributed by atoms with E-state index in [1.807, 2.05) is 20.8 Å². The van der Waals surface area contributed by atoms with Gasteiger partial charge in [-0.1, -0.05) is 20.8 Å². The molecular weight excluding hydrogens is 271 g/mol. The Hall–Kier alpha value is -1.62. The highest BCUT2D eigenvalue weighted by molar-refractivity contribution is 6.21. The fourth-order valence-electron chi connectivity index (χ4n) is 1.19. The smallest absolute Gasteiger partial charge is 0.337 e. The van der Waals surface area contributed by atoms with Crippen LogP contribution in [0.15, 0.2) is 22.7 Å². The number of anilines is 1. The van der Waals surface area contributed by atoms with E-state index in [1.54, 1.807) is 0 Å². The maximum atomic E-state index is 13.5. The average molecular weight is 289 g/mol. The maximum absolute atomic E-state index is 13.5. The lowest BCUT2D eigenvalue weighted by molar-refractivity contribution is 0.0600. The van der Waals surface area contributed by atoms with Gasteiger partial charge >= 0.3 is 5.97 Å². The summed E-state index contributed by atoms with van der Waals surface area (Å²) < 4.78 is 21.4. The highest BCUT2D eigenvalue weighted by Gasteiger charge is 2.10. The first-order valence-corrected chi connectivity index (χ1v) is 6.28. The van der Waals surface area contributed by atoms with Crippen LogP contribution in [0.25, 0.3) is 0 Å². The summed E-state index contributed by atoms with van der Waals surface area (Å²) in [5, 5.41) is 2.70. The highest BCUT2D eigenvalue weighted by atomic mass is 35.5. The van der Waals surface area contributed by atoms with Crippen molar-refractivity contribution in [2.24, 2.45) is 4.51 Å². The fourth-order valence-corrected chi connectivity index (χ4v) is 1.35. The highest BCUT2D eigenvalue weighted by Crippen LogP contribution is 2.17. The Labute approximate surface area is 117 Å². The molecule has 0 amide bonds. The predicted molar refractivity (Wildman–Crippen MR) is 76.3 cm³/mol. The molecule has 1 aromatic carbocycles. The summed E-state index contributed by atoms with van der Waals surface area (Å²) in [6.45, 7) is 5.82. The van der Waals surface area contributed by atoms with Crippen LogP contribution >= 0.6 is 11.8 Å². The summed E-state index contributed by atoms with van der Waals surface area (Å²) in [6.07, 6.45) is 0.519. The molecule has 0 fully saturated rings. The van der Waals surface area contributed by atoms with Crippen molar-refractivity contribution in [1.29, 1.82) is 0 Å². The number of ether oxygens (including phenoxy) is 1. The number of methoxy groups -OCH3 is 1. The normalized spacial score (nSPS) is 10.3. The minimum absolute atomic E-state index is 0.133. The number of nitrogens with one attached hydrogen (secondary N) is 1. The van der Waals surface area contributed by atoms with Gasteiger partial charge in [0.05, 0.1) is 18.4 Å². The topological polar surface area (TPSA) is 50.7 Å². The van der Waals surface area contributed by atoms with Gasteiger partial charge in [-0.25, -0.2) is 9.18 Å². The van der Waals surface area contributed by atoms with E-state index in [2.05, 4.69) is 14.6 Å². The van der Waals surface area contributed by atoms with E-state index in [0.717, 1.165) is 0 Å². The Morgan fingerprint density at radius 2 is 2.11 bits per heavy atom. The third-order valence-corrected chi connectivity index (χ3v) is 2.31. The molecule has 0 aliphatic carbocycles. The standard InChI is InChI=1S/C11H12ClFN2O2.C2H6/c1-3-10(15-12)14-9-6-7(11(16)17-2)4-5-8(9)13;1-2/h4-6H,3H2,1-2H3,(H,14,15);1-2H3. The van der Waals surface area contributed by atoms with Gasteiger partial charge in [-0.05, 0) is 18.2 Å². The van der Waals surface area contributed by atoms with Crippen molar-refractivity contribution in [3.05, 3.63) is 29.6 Å². The fraction of sp³-hybridized carbons (Fsp3) is 0.385. The number of amidine groups is 1. The quantitative estimate of drug-likeness (QED) is 0.519. The number of rotatable bonds is 3. The summed E-state index contributed by atoms with van der Waals surface area (Å²) in [7, 11) is 1.26. The van der Waals surface area contributed by atoms with E-state index in [0.29, 0.717) is 12.3 Å². The molecule has 0 bridgehead atoms. The zero-order chi connectivity index (χ0) is 14.8. The van der Waals surface area contributed by atoms with E-state index in [1.165, 1.54) is 25.3 Å². The zero-order valence-electron chi connectivity index (χ0n) is 11.5. The van der Waals surface area contributed by atoms with E-state index in [4.69, 9.17) is 11.8 Å². The van der Waals surface area contributed by atoms with Gasteiger partial charge in [0.25, 0.3) is 0 Å². The molecule has 0 aromatic heterocycles. The van der Waals surface area contributed by atoms with Crippen LogP contribution in [-0.4, -0.2) is 18.9 Å². The number of benzene rings is 1. The van der Waals surface area contributed by atoms with Gasteiger partial charge in [0.1, 0.15) is 11.7 Å². The van der Waals surface area contributed by atoms with Gasteiger partial charge in [-0.3, -0.25) is 0 Å². The van der Waals surface area contributed by atoms with E-state index >= 15 is 0 Å². The van der Waals surface area contributed by atoms with Crippen molar-refractivity contribution in [2.45, 2.75) is 27.2 Å². The summed E-state index contributed by atoms with van der Waals surface area (Å²) >= 11 is 5.31. The minimum Gasteiger partial charge on any atom is -0.465 e. The third kappa shape index (κ3) is 5.26. The van der Waals surface area contributed by atoms with Crippen LogP contribution < -0.4 is 5.32 Å². The molecule has 0 aliphatic rings. The molecule has 1 rings (SSSR count). The molecule has 4 nitrogen and oxygen atoms in total. The Kier molecular flexibility index (Phi) is 8.53. The van der Waals surface area contributed by atoms with Crippen molar-refractivity contribution in [1.82, 2.24) is 0 Å². The molecule has 0 heterocycles. The lowest BCUT2D eigenvalue weighted by Gasteiger charge is -2.09. The molecular formula is C13H18ClFN2O2. The second kappa shape index (κ2) is 9.33. The molecule has 1 aromatic rings. The summed E-state index contributed by atoms with van der Waals surface area (Å²) in [6, 6.07) is 3.87. The van der Waals surface area contributed by atoms with Gasteiger partial charge in [0, 0.05) is 18.2 Å². The first kappa shape index (κ1) is 17.4. The molecule has 0 radical (unpaired) electrons. The first-order valence-electron chi connectivity index (χ1n) is 5.95. The summed E-state index contributed by atoms with van der Waals surface area (Å²) in [5.41, 5.74) is 0.385. The zero-order valence-corrected chi connectivity index (χ0v) is 12.2. The molecule has 0 saturated carbocycles. The lowest BCUT2D eigenvalue weighted by atomic mass is 10.2. The third-order valence-electron chi connectivity index (χ3n) is 2.10. The van der Waals surface area contributed by atoms with Crippen molar-refractivity contribution in [3.8, 4) is 0 Å². The Bertz CT molecular complexity index is 450. The largest absolute Gasteiger partial charge is 0.465 e. The number of carbonyl (C=O) groups is 1. The maximum Gasteiger partial charge on any atom is 0.337 e. The average Bonchev–Trinajstić information content (AvgIpc) is 2.47. The van der Waals surface area contributed by atoms with Crippen LogP contribution in [0.3, 0.4) is 0 Å².